The molecule has 0 amide bonds. The Kier molecular flexibility index (Phi) is 3.63. The number of nitrogens with zero attached hydrogens (tertiary/aromatic N) is 7. The second kappa shape index (κ2) is 6.48. The summed E-state index contributed by atoms with van der Waals surface area (Å²) in [7, 11) is 0. The maximum atomic E-state index is 14.1. The number of hydrogen-bond acceptors (Lipinski definition) is 7. The van der Waals surface area contributed by atoms with E-state index in [1.165, 1.54) is 18.3 Å². The van der Waals surface area contributed by atoms with E-state index in [2.05, 4.69) is 25.1 Å². The summed E-state index contributed by atoms with van der Waals surface area (Å²) < 4.78 is 21.8. The van der Waals surface area contributed by atoms with Crippen LogP contribution in [0.15, 0.2) is 59.5 Å². The predicted molar refractivity (Wildman–Crippen MR) is 104 cm³/mol. The van der Waals surface area contributed by atoms with Gasteiger partial charge in [0.05, 0.1) is 23.2 Å². The number of halogens is 1. The predicted octanol–water partition coefficient (Wildman–Crippen LogP) is 2.79. The summed E-state index contributed by atoms with van der Waals surface area (Å²) in [5.74, 6) is -0.484. The molecule has 0 aromatic carbocycles. The van der Waals surface area contributed by atoms with E-state index in [0.717, 1.165) is 29.0 Å². The van der Waals surface area contributed by atoms with E-state index in [-0.39, 0.29) is 23.6 Å². The Bertz CT molecular complexity index is 1320. The molecule has 1 aliphatic rings. The molecule has 0 saturated carbocycles. The van der Waals surface area contributed by atoms with Crippen molar-refractivity contribution in [2.24, 2.45) is 0 Å². The van der Waals surface area contributed by atoms with Gasteiger partial charge in [-0.3, -0.25) is 0 Å². The molecule has 30 heavy (non-hydrogen) atoms. The second-order valence-electron chi connectivity index (χ2n) is 6.98. The topological polar surface area (TPSA) is 101 Å². The fourth-order valence-electron chi connectivity index (χ4n) is 3.84. The molecule has 0 fully saturated rings. The number of anilines is 1. The highest BCUT2D eigenvalue weighted by Gasteiger charge is 2.36. The maximum absolute atomic E-state index is 14.1. The quantitative estimate of drug-likeness (QED) is 0.495. The third-order valence-electron chi connectivity index (χ3n) is 5.22. The van der Waals surface area contributed by atoms with Crippen LogP contribution in [0.4, 0.5) is 10.4 Å². The van der Waals surface area contributed by atoms with Crippen LogP contribution < -0.4 is 4.90 Å². The van der Waals surface area contributed by atoms with Crippen molar-refractivity contribution in [3.8, 4) is 11.6 Å². The van der Waals surface area contributed by atoms with Crippen LogP contribution in [-0.4, -0.2) is 41.3 Å². The summed E-state index contributed by atoms with van der Waals surface area (Å²) in [4.78, 5) is 13.7. The molecule has 10 heteroatoms. The van der Waals surface area contributed by atoms with E-state index in [1.54, 1.807) is 6.33 Å². The molecule has 0 aliphatic carbocycles. The molecule has 0 bridgehead atoms. The summed E-state index contributed by atoms with van der Waals surface area (Å²) in [6, 6.07) is 10.7. The Morgan fingerprint density at radius 2 is 2.10 bits per heavy atom. The highest BCUT2D eigenvalue weighted by molar-refractivity contribution is 5.53. The summed E-state index contributed by atoms with van der Waals surface area (Å²) in [6.45, 7) is 0.611. The number of hydrogen-bond donors (Lipinski definition) is 1. The Morgan fingerprint density at radius 3 is 3.00 bits per heavy atom. The van der Waals surface area contributed by atoms with E-state index in [4.69, 9.17) is 9.52 Å². The van der Waals surface area contributed by atoms with Crippen LogP contribution in [0.5, 0.6) is 0 Å². The van der Waals surface area contributed by atoms with Gasteiger partial charge in [-0.1, -0.05) is 11.2 Å². The first kappa shape index (κ1) is 16.8. The van der Waals surface area contributed by atoms with Gasteiger partial charge in [-0.05, 0) is 30.3 Å². The minimum atomic E-state index is -0.516. The van der Waals surface area contributed by atoms with Crippen LogP contribution in [0.1, 0.15) is 23.1 Å². The minimum Gasteiger partial charge on any atom is -0.401 e. The normalized spacial score (nSPS) is 16.2. The largest absolute Gasteiger partial charge is 0.401 e. The molecule has 148 valence electrons. The molecule has 5 aromatic heterocycles. The molecule has 1 N–H and O–H groups in total. The van der Waals surface area contributed by atoms with Gasteiger partial charge in [-0.15, -0.1) is 5.10 Å². The average molecular weight is 402 g/mol. The lowest BCUT2D eigenvalue weighted by Gasteiger charge is -2.32. The van der Waals surface area contributed by atoms with E-state index >= 15 is 0 Å². The van der Waals surface area contributed by atoms with Gasteiger partial charge in [-0.25, -0.2) is 18.9 Å². The molecule has 0 spiro atoms. The standard InChI is InChI=1S/C20H15FN8O/c21-13-5-3-7-22-16(13)19-25-26-20(30-19)28-9-6-14-17(24-11-23-14)18(28)15-10-12-4-1-2-8-29(12)27-15/h1-5,7-8,10-11,18H,6,9H2,(H,23,24). The fourth-order valence-corrected chi connectivity index (χ4v) is 3.84. The SMILES string of the molecule is Fc1cccnc1-c1nnc(N2CCc3[nH]cnc3C2c2cc3ccccn3n2)o1. The van der Waals surface area contributed by atoms with Crippen molar-refractivity contribution in [2.75, 3.05) is 11.4 Å². The van der Waals surface area contributed by atoms with Crippen molar-refractivity contribution in [2.45, 2.75) is 12.5 Å². The third-order valence-corrected chi connectivity index (χ3v) is 5.22. The zero-order chi connectivity index (χ0) is 20.1. The molecule has 1 aliphatic heterocycles. The van der Waals surface area contributed by atoms with Crippen molar-refractivity contribution in [3.63, 3.8) is 0 Å². The lowest BCUT2D eigenvalue weighted by atomic mass is 10.0. The van der Waals surface area contributed by atoms with Gasteiger partial charge >= 0.3 is 6.01 Å². The monoisotopic (exact) mass is 402 g/mol. The van der Waals surface area contributed by atoms with Crippen LogP contribution in [0.3, 0.4) is 0 Å². The third kappa shape index (κ3) is 2.57. The summed E-state index contributed by atoms with van der Waals surface area (Å²) >= 11 is 0. The number of aromatic amines is 1. The van der Waals surface area contributed by atoms with Gasteiger partial charge in [0.1, 0.15) is 6.04 Å². The fraction of sp³-hybridized carbons (Fsp3) is 0.150. The Morgan fingerprint density at radius 1 is 1.13 bits per heavy atom. The van der Waals surface area contributed by atoms with Gasteiger partial charge < -0.3 is 14.3 Å². The average Bonchev–Trinajstić information content (AvgIpc) is 3.51. The van der Waals surface area contributed by atoms with Crippen LogP contribution in [0.25, 0.3) is 17.1 Å². The zero-order valence-corrected chi connectivity index (χ0v) is 15.6. The summed E-state index contributed by atoms with van der Waals surface area (Å²) in [6.07, 6.45) is 5.79. The van der Waals surface area contributed by atoms with Gasteiger partial charge in [0.2, 0.25) is 0 Å². The van der Waals surface area contributed by atoms with Crippen molar-refractivity contribution in [1.29, 1.82) is 0 Å². The first-order valence-electron chi connectivity index (χ1n) is 9.45. The lowest BCUT2D eigenvalue weighted by Crippen LogP contribution is -2.36. The first-order chi connectivity index (χ1) is 14.8. The van der Waals surface area contributed by atoms with Crippen LogP contribution in [0, 0.1) is 5.82 Å². The smallest absolute Gasteiger partial charge is 0.319 e. The molecule has 9 nitrogen and oxygen atoms in total. The minimum absolute atomic E-state index is 0.0259. The number of aromatic nitrogens is 7. The highest BCUT2D eigenvalue weighted by atomic mass is 19.1. The van der Waals surface area contributed by atoms with Crippen molar-refractivity contribution in [3.05, 3.63) is 78.0 Å². The van der Waals surface area contributed by atoms with Gasteiger partial charge in [0, 0.05) is 31.1 Å². The molecule has 1 atom stereocenters. The molecule has 0 radical (unpaired) electrons. The maximum Gasteiger partial charge on any atom is 0.319 e. The van der Waals surface area contributed by atoms with E-state index < -0.39 is 5.82 Å². The summed E-state index contributed by atoms with van der Waals surface area (Å²) in [5.41, 5.74) is 3.70. The lowest BCUT2D eigenvalue weighted by molar-refractivity contribution is 0.499. The first-order valence-corrected chi connectivity index (χ1v) is 9.45. The number of H-pyrrole nitrogens is 1. The zero-order valence-electron chi connectivity index (χ0n) is 15.6. The molecule has 1 unspecified atom stereocenters. The molecule has 0 saturated heterocycles. The molecular formula is C20H15FN8O. The molecule has 5 aromatic rings. The second-order valence-corrected chi connectivity index (χ2v) is 6.98. The van der Waals surface area contributed by atoms with Crippen molar-refractivity contribution in [1.82, 2.24) is 34.8 Å². The van der Waals surface area contributed by atoms with Gasteiger partial charge in [-0.2, -0.15) is 5.10 Å². The highest BCUT2D eigenvalue weighted by Crippen LogP contribution is 2.37. The van der Waals surface area contributed by atoms with Crippen LogP contribution in [0.2, 0.25) is 0 Å². The Labute approximate surface area is 169 Å². The molecule has 6 rings (SSSR count). The summed E-state index contributed by atoms with van der Waals surface area (Å²) in [5, 5.41) is 12.9. The van der Waals surface area contributed by atoms with Gasteiger partial charge in [0.15, 0.2) is 11.5 Å². The number of nitrogens with one attached hydrogen (secondary N) is 1. The van der Waals surface area contributed by atoms with E-state index in [1.807, 2.05) is 39.9 Å². The van der Waals surface area contributed by atoms with Gasteiger partial charge in [0.25, 0.3) is 5.89 Å². The van der Waals surface area contributed by atoms with E-state index in [0.29, 0.717) is 6.54 Å². The van der Waals surface area contributed by atoms with Crippen molar-refractivity contribution >= 4 is 11.5 Å². The molecule has 6 heterocycles. The number of fused-ring (bicyclic) bond motifs is 2. The Hall–Kier alpha value is -4.08. The number of pyridine rings is 2. The molecular weight excluding hydrogens is 387 g/mol. The van der Waals surface area contributed by atoms with Crippen LogP contribution >= 0.6 is 0 Å². The van der Waals surface area contributed by atoms with Crippen molar-refractivity contribution < 1.29 is 8.81 Å². The number of rotatable bonds is 3. The van der Waals surface area contributed by atoms with Crippen LogP contribution in [-0.2, 0) is 6.42 Å². The number of imidazole rings is 1. The van der Waals surface area contributed by atoms with E-state index in [9.17, 15) is 4.39 Å². The Balaban J connectivity index is 1.45.